The first-order chi connectivity index (χ1) is 7.54. The number of rotatable bonds is 2. The van der Waals surface area contributed by atoms with Crippen molar-refractivity contribution < 1.29 is 4.79 Å². The SMILES string of the molecule is C[C@@]12CC[C@H]3C[C@]1(C#N)N(NC=O)C[C@]32C. The maximum atomic E-state index is 10.6. The lowest BCUT2D eigenvalue weighted by atomic mass is 9.66. The van der Waals surface area contributed by atoms with E-state index in [2.05, 4.69) is 25.3 Å². The Balaban J connectivity index is 2.12. The smallest absolute Gasteiger partial charge is 0.221 e. The molecule has 2 aliphatic carbocycles. The summed E-state index contributed by atoms with van der Waals surface area (Å²) in [6.07, 6.45) is 3.96. The molecular weight excluding hydrogens is 202 g/mol. The standard InChI is InChI=1S/C12H17N3O/c1-10-7-15(14-8-16)12(6-13)5-9(10)3-4-11(10,12)2/h8-9H,3-5,7H2,1-2H3,(H,14,16)/t9-,10+,11-,12+/m0/s1. The lowest BCUT2D eigenvalue weighted by molar-refractivity contribution is -0.116. The van der Waals surface area contributed by atoms with Crippen molar-refractivity contribution in [1.29, 1.82) is 5.26 Å². The topological polar surface area (TPSA) is 56.1 Å². The lowest BCUT2D eigenvalue weighted by Gasteiger charge is -2.42. The van der Waals surface area contributed by atoms with Crippen molar-refractivity contribution in [3.63, 3.8) is 0 Å². The van der Waals surface area contributed by atoms with Crippen molar-refractivity contribution in [1.82, 2.24) is 10.4 Å². The molecule has 0 aromatic carbocycles. The zero-order valence-corrected chi connectivity index (χ0v) is 9.79. The van der Waals surface area contributed by atoms with Crippen molar-refractivity contribution in [2.45, 2.75) is 38.6 Å². The molecular formula is C12H17N3O. The van der Waals surface area contributed by atoms with E-state index < -0.39 is 5.54 Å². The molecule has 1 heterocycles. The summed E-state index contributed by atoms with van der Waals surface area (Å²) in [5.74, 6) is 0.654. The van der Waals surface area contributed by atoms with Gasteiger partial charge in [0.2, 0.25) is 6.41 Å². The molecule has 3 rings (SSSR count). The van der Waals surface area contributed by atoms with Crippen molar-refractivity contribution >= 4 is 6.41 Å². The Morgan fingerprint density at radius 1 is 1.56 bits per heavy atom. The Labute approximate surface area is 95.6 Å². The number of hydrogen-bond donors (Lipinski definition) is 1. The van der Waals surface area contributed by atoms with E-state index in [1.54, 1.807) is 0 Å². The summed E-state index contributed by atoms with van der Waals surface area (Å²) in [7, 11) is 0. The van der Waals surface area contributed by atoms with Gasteiger partial charge in [0.1, 0.15) is 5.54 Å². The van der Waals surface area contributed by atoms with E-state index in [4.69, 9.17) is 0 Å². The Morgan fingerprint density at radius 3 is 2.88 bits per heavy atom. The third kappa shape index (κ3) is 0.708. The van der Waals surface area contributed by atoms with Crippen molar-refractivity contribution in [3.05, 3.63) is 0 Å². The molecule has 4 heteroatoms. The highest BCUT2D eigenvalue weighted by Crippen LogP contribution is 2.75. The van der Waals surface area contributed by atoms with E-state index in [-0.39, 0.29) is 10.8 Å². The number of carbonyl (C=O) groups is 1. The van der Waals surface area contributed by atoms with E-state index in [1.807, 2.05) is 5.01 Å². The highest BCUT2D eigenvalue weighted by atomic mass is 16.1. The minimum Gasteiger partial charge on any atom is -0.290 e. The van der Waals surface area contributed by atoms with Gasteiger partial charge in [-0.1, -0.05) is 13.8 Å². The van der Waals surface area contributed by atoms with E-state index in [0.29, 0.717) is 12.3 Å². The Bertz CT molecular complexity index is 404. The number of nitrogens with one attached hydrogen (secondary N) is 1. The second-order valence-corrected chi connectivity index (χ2v) is 5.99. The molecule has 86 valence electrons. The minimum atomic E-state index is -0.467. The third-order valence-corrected chi connectivity index (χ3v) is 5.95. The van der Waals surface area contributed by atoms with E-state index in [0.717, 1.165) is 19.4 Å². The maximum Gasteiger partial charge on any atom is 0.221 e. The fourth-order valence-electron chi connectivity index (χ4n) is 4.73. The average molecular weight is 219 g/mol. The molecule has 4 nitrogen and oxygen atoms in total. The molecule has 1 saturated heterocycles. The molecule has 0 aromatic rings. The van der Waals surface area contributed by atoms with Crippen LogP contribution in [0, 0.1) is 28.1 Å². The van der Waals surface area contributed by atoms with Crippen molar-refractivity contribution in [3.8, 4) is 6.07 Å². The first kappa shape index (κ1) is 10.1. The zero-order chi connectivity index (χ0) is 11.6. The van der Waals surface area contributed by atoms with Gasteiger partial charge in [-0.15, -0.1) is 0 Å². The summed E-state index contributed by atoms with van der Waals surface area (Å²) in [5.41, 5.74) is 2.50. The van der Waals surface area contributed by atoms with Crippen LogP contribution in [0.4, 0.5) is 0 Å². The predicted molar refractivity (Wildman–Crippen MR) is 57.8 cm³/mol. The largest absolute Gasteiger partial charge is 0.290 e. The monoisotopic (exact) mass is 219 g/mol. The van der Waals surface area contributed by atoms with Gasteiger partial charge in [0.05, 0.1) is 6.07 Å². The molecule has 0 unspecified atom stereocenters. The maximum absolute atomic E-state index is 10.6. The van der Waals surface area contributed by atoms with Crippen LogP contribution in [0.5, 0.6) is 0 Å². The van der Waals surface area contributed by atoms with Gasteiger partial charge in [-0.3, -0.25) is 10.2 Å². The van der Waals surface area contributed by atoms with Crippen LogP contribution in [0.25, 0.3) is 0 Å². The highest BCUT2D eigenvalue weighted by Gasteiger charge is 2.78. The zero-order valence-electron chi connectivity index (χ0n) is 9.79. The highest BCUT2D eigenvalue weighted by molar-refractivity contribution is 5.47. The van der Waals surface area contributed by atoms with Crippen LogP contribution in [-0.2, 0) is 4.79 Å². The number of nitriles is 1. The number of carbonyl (C=O) groups excluding carboxylic acids is 1. The Morgan fingerprint density at radius 2 is 2.31 bits per heavy atom. The molecule has 1 aliphatic heterocycles. The number of hydrogen-bond acceptors (Lipinski definition) is 3. The molecule has 0 spiro atoms. The average Bonchev–Trinajstić information content (AvgIpc) is 2.69. The quantitative estimate of drug-likeness (QED) is 0.706. The molecule has 2 saturated carbocycles. The van der Waals surface area contributed by atoms with Crippen molar-refractivity contribution in [2.24, 2.45) is 16.7 Å². The molecule has 4 bridgehead atoms. The van der Waals surface area contributed by atoms with Gasteiger partial charge in [0.25, 0.3) is 0 Å². The number of nitrogens with zero attached hydrogens (tertiary/aromatic N) is 2. The molecule has 3 fully saturated rings. The first-order valence-electron chi connectivity index (χ1n) is 5.93. The van der Waals surface area contributed by atoms with Crippen LogP contribution in [0.1, 0.15) is 33.1 Å². The second kappa shape index (κ2) is 2.60. The van der Waals surface area contributed by atoms with Gasteiger partial charge in [0.15, 0.2) is 0 Å². The first-order valence-corrected chi connectivity index (χ1v) is 5.93. The Kier molecular flexibility index (Phi) is 1.64. The van der Waals surface area contributed by atoms with E-state index in [9.17, 15) is 10.1 Å². The van der Waals surface area contributed by atoms with Crippen LogP contribution < -0.4 is 5.43 Å². The predicted octanol–water partition coefficient (Wildman–Crippen LogP) is 1.05. The van der Waals surface area contributed by atoms with Gasteiger partial charge in [-0.2, -0.15) is 5.26 Å². The summed E-state index contributed by atoms with van der Waals surface area (Å²) in [6.45, 7) is 5.34. The summed E-state index contributed by atoms with van der Waals surface area (Å²) in [5, 5.41) is 11.5. The van der Waals surface area contributed by atoms with Gasteiger partial charge < -0.3 is 0 Å². The van der Waals surface area contributed by atoms with Crippen LogP contribution in [0.15, 0.2) is 0 Å². The van der Waals surface area contributed by atoms with Gasteiger partial charge in [0, 0.05) is 12.0 Å². The summed E-state index contributed by atoms with van der Waals surface area (Å²) < 4.78 is 0. The van der Waals surface area contributed by atoms with Crippen LogP contribution in [0.3, 0.4) is 0 Å². The summed E-state index contributed by atoms with van der Waals surface area (Å²) >= 11 is 0. The van der Waals surface area contributed by atoms with Crippen molar-refractivity contribution in [2.75, 3.05) is 6.54 Å². The fourth-order valence-corrected chi connectivity index (χ4v) is 4.73. The number of piperidine rings is 1. The van der Waals surface area contributed by atoms with Crippen LogP contribution >= 0.6 is 0 Å². The molecule has 1 amide bonds. The normalized spacial score (nSPS) is 53.9. The second-order valence-electron chi connectivity index (χ2n) is 5.99. The van der Waals surface area contributed by atoms with Gasteiger partial charge in [-0.05, 0) is 30.6 Å². The fraction of sp³-hybridized carbons (Fsp3) is 0.833. The summed E-state index contributed by atoms with van der Waals surface area (Å²) in [4.78, 5) is 10.6. The molecule has 1 N–H and O–H groups in total. The minimum absolute atomic E-state index is 0.0371. The lowest BCUT2D eigenvalue weighted by Crippen LogP contribution is -2.57. The van der Waals surface area contributed by atoms with Gasteiger partial charge >= 0.3 is 0 Å². The molecule has 0 aromatic heterocycles. The number of hydrazine groups is 1. The Hall–Kier alpha value is -1.08. The third-order valence-electron chi connectivity index (χ3n) is 5.95. The molecule has 16 heavy (non-hydrogen) atoms. The van der Waals surface area contributed by atoms with Gasteiger partial charge in [-0.25, -0.2) is 5.01 Å². The van der Waals surface area contributed by atoms with E-state index >= 15 is 0 Å². The van der Waals surface area contributed by atoms with E-state index in [1.165, 1.54) is 6.42 Å². The van der Waals surface area contributed by atoms with Crippen LogP contribution in [0.2, 0.25) is 0 Å². The summed E-state index contributed by atoms with van der Waals surface area (Å²) in [6, 6.07) is 2.51. The molecule has 3 aliphatic rings. The van der Waals surface area contributed by atoms with Crippen LogP contribution in [-0.4, -0.2) is 23.5 Å². The molecule has 4 atom stereocenters. The molecule has 0 radical (unpaired) electrons. The number of amides is 1.